The lowest BCUT2D eigenvalue weighted by Gasteiger charge is -1.96. The smallest absolute Gasteiger partial charge is 0.176 e. The first-order valence-corrected chi connectivity index (χ1v) is 6.23. The van der Waals surface area contributed by atoms with Gasteiger partial charge in [-0.25, -0.2) is 15.0 Å². The Hall–Kier alpha value is -0.720. The molecular weight excluding hydrogens is 252 g/mol. The molecule has 0 radical (unpaired) electrons. The van der Waals surface area contributed by atoms with Crippen molar-refractivity contribution in [2.75, 3.05) is 0 Å². The van der Waals surface area contributed by atoms with Crippen LogP contribution < -0.4 is 0 Å². The molecule has 0 aliphatic heterocycles. The molecule has 15 heavy (non-hydrogen) atoms. The second-order valence-electron chi connectivity index (χ2n) is 2.58. The molecule has 4 nitrogen and oxygen atoms in total. The van der Waals surface area contributed by atoms with E-state index < -0.39 is 0 Å². The lowest BCUT2D eigenvalue weighted by atomic mass is 10.5. The Morgan fingerprint density at radius 2 is 2.20 bits per heavy atom. The van der Waals surface area contributed by atoms with Gasteiger partial charge in [0, 0.05) is 18.8 Å². The normalized spacial score (nSPS) is 10.5. The first kappa shape index (κ1) is 10.8. The van der Waals surface area contributed by atoms with E-state index in [0.717, 1.165) is 16.6 Å². The zero-order chi connectivity index (χ0) is 10.7. The predicted octanol–water partition coefficient (Wildman–Crippen LogP) is 2.70. The van der Waals surface area contributed by atoms with Crippen molar-refractivity contribution in [1.29, 1.82) is 0 Å². The number of aromatic nitrogens is 4. The van der Waals surface area contributed by atoms with E-state index in [0.29, 0.717) is 10.2 Å². The van der Waals surface area contributed by atoms with Gasteiger partial charge in [0.25, 0.3) is 0 Å². The molecule has 2 rings (SSSR count). The summed E-state index contributed by atoms with van der Waals surface area (Å²) < 4.78 is 5.02. The maximum atomic E-state index is 5.88. The topological polar surface area (TPSA) is 51.6 Å². The van der Waals surface area contributed by atoms with Crippen molar-refractivity contribution in [2.45, 2.75) is 22.7 Å². The molecular formula is C8H7ClN4S2. The van der Waals surface area contributed by atoms with Crippen LogP contribution in [-0.2, 0) is 6.42 Å². The Labute approximate surface area is 100 Å². The molecule has 0 aliphatic carbocycles. The monoisotopic (exact) mass is 258 g/mol. The van der Waals surface area contributed by atoms with Gasteiger partial charge in [0.2, 0.25) is 0 Å². The summed E-state index contributed by atoms with van der Waals surface area (Å²) in [5, 5.41) is 1.06. The van der Waals surface area contributed by atoms with E-state index in [2.05, 4.69) is 19.3 Å². The van der Waals surface area contributed by atoms with Crippen molar-refractivity contribution < 1.29 is 0 Å². The summed E-state index contributed by atoms with van der Waals surface area (Å²) in [7, 11) is 0. The van der Waals surface area contributed by atoms with Crippen LogP contribution in [0, 0.1) is 0 Å². The molecule has 78 valence electrons. The molecule has 0 saturated carbocycles. The summed E-state index contributed by atoms with van der Waals surface area (Å²) in [6, 6.07) is 0. The minimum Gasteiger partial charge on any atom is -0.245 e. The zero-order valence-electron chi connectivity index (χ0n) is 7.85. The molecule has 2 aromatic heterocycles. The second kappa shape index (κ2) is 4.87. The molecule has 0 fully saturated rings. The predicted molar refractivity (Wildman–Crippen MR) is 60.5 cm³/mol. The third-order valence-corrected chi connectivity index (χ3v) is 3.74. The van der Waals surface area contributed by atoms with Crippen molar-refractivity contribution in [3.8, 4) is 0 Å². The quantitative estimate of drug-likeness (QED) is 0.847. The SMILES string of the molecule is CCc1nsc(Sc2nccnc2Cl)n1. The van der Waals surface area contributed by atoms with E-state index >= 15 is 0 Å². The van der Waals surface area contributed by atoms with Crippen LogP contribution in [0.2, 0.25) is 5.15 Å². The van der Waals surface area contributed by atoms with Crippen LogP contribution in [0.5, 0.6) is 0 Å². The van der Waals surface area contributed by atoms with Gasteiger partial charge in [0.05, 0.1) is 0 Å². The lowest BCUT2D eigenvalue weighted by Crippen LogP contribution is -1.84. The van der Waals surface area contributed by atoms with Gasteiger partial charge in [0.15, 0.2) is 9.49 Å². The highest BCUT2D eigenvalue weighted by molar-refractivity contribution is 8.01. The highest BCUT2D eigenvalue weighted by atomic mass is 35.5. The molecule has 2 aromatic rings. The van der Waals surface area contributed by atoms with E-state index in [1.54, 1.807) is 12.4 Å². The van der Waals surface area contributed by atoms with Crippen LogP contribution in [0.25, 0.3) is 0 Å². The molecule has 0 aliphatic rings. The average Bonchev–Trinajstić information content (AvgIpc) is 2.69. The van der Waals surface area contributed by atoms with Crippen LogP contribution in [0.3, 0.4) is 0 Å². The summed E-state index contributed by atoms with van der Waals surface area (Å²) in [5.41, 5.74) is 0. The van der Waals surface area contributed by atoms with Crippen molar-refractivity contribution in [3.05, 3.63) is 23.4 Å². The number of nitrogens with zero attached hydrogens (tertiary/aromatic N) is 4. The maximum absolute atomic E-state index is 5.88. The molecule has 7 heteroatoms. The molecule has 0 saturated heterocycles. The van der Waals surface area contributed by atoms with Gasteiger partial charge < -0.3 is 0 Å². The Kier molecular flexibility index (Phi) is 3.50. The first-order chi connectivity index (χ1) is 7.29. The molecule has 0 unspecified atom stereocenters. The maximum Gasteiger partial charge on any atom is 0.176 e. The van der Waals surface area contributed by atoms with Crippen LogP contribution in [0.4, 0.5) is 0 Å². The number of hydrogen-bond acceptors (Lipinski definition) is 6. The summed E-state index contributed by atoms with van der Waals surface area (Å²) in [4.78, 5) is 12.4. The van der Waals surface area contributed by atoms with Gasteiger partial charge in [-0.2, -0.15) is 4.37 Å². The van der Waals surface area contributed by atoms with E-state index in [4.69, 9.17) is 11.6 Å². The summed E-state index contributed by atoms with van der Waals surface area (Å²) in [6.45, 7) is 2.02. The Morgan fingerprint density at radius 3 is 2.87 bits per heavy atom. The molecule has 0 amide bonds. The second-order valence-corrected chi connectivity index (χ2v) is 4.93. The Balaban J connectivity index is 2.18. The molecule has 0 atom stereocenters. The van der Waals surface area contributed by atoms with E-state index in [9.17, 15) is 0 Å². The van der Waals surface area contributed by atoms with Gasteiger partial charge >= 0.3 is 0 Å². The average molecular weight is 259 g/mol. The standard InChI is InChI=1S/C8H7ClN4S2/c1-2-5-12-8(15-13-5)14-7-6(9)10-3-4-11-7/h3-4H,2H2,1H3. The number of aryl methyl sites for hydroxylation is 1. The van der Waals surface area contributed by atoms with Gasteiger partial charge in [-0.3, -0.25) is 0 Å². The third kappa shape index (κ3) is 2.64. The Bertz CT molecular complexity index is 459. The van der Waals surface area contributed by atoms with Crippen LogP contribution >= 0.6 is 34.9 Å². The van der Waals surface area contributed by atoms with E-state index in [1.165, 1.54) is 23.3 Å². The zero-order valence-corrected chi connectivity index (χ0v) is 10.2. The van der Waals surface area contributed by atoms with Gasteiger partial charge in [-0.1, -0.05) is 18.5 Å². The van der Waals surface area contributed by atoms with Crippen molar-refractivity contribution in [1.82, 2.24) is 19.3 Å². The highest BCUT2D eigenvalue weighted by Crippen LogP contribution is 2.30. The summed E-state index contributed by atoms with van der Waals surface area (Å²) in [6.07, 6.45) is 4.01. The number of rotatable bonds is 3. The van der Waals surface area contributed by atoms with Gasteiger partial charge in [-0.15, -0.1) is 0 Å². The number of halogens is 1. The van der Waals surface area contributed by atoms with E-state index in [-0.39, 0.29) is 0 Å². The van der Waals surface area contributed by atoms with Gasteiger partial charge in [0.1, 0.15) is 10.9 Å². The largest absolute Gasteiger partial charge is 0.245 e. The Morgan fingerprint density at radius 1 is 1.40 bits per heavy atom. The fourth-order valence-electron chi connectivity index (χ4n) is 0.882. The fraction of sp³-hybridized carbons (Fsp3) is 0.250. The molecule has 0 spiro atoms. The molecule has 2 heterocycles. The van der Waals surface area contributed by atoms with Crippen molar-refractivity contribution in [2.24, 2.45) is 0 Å². The van der Waals surface area contributed by atoms with Crippen molar-refractivity contribution in [3.63, 3.8) is 0 Å². The molecule has 0 bridgehead atoms. The highest BCUT2D eigenvalue weighted by Gasteiger charge is 2.08. The minimum absolute atomic E-state index is 0.399. The molecule has 0 aromatic carbocycles. The van der Waals surface area contributed by atoms with Crippen LogP contribution in [0.15, 0.2) is 21.8 Å². The summed E-state index contributed by atoms with van der Waals surface area (Å²) >= 11 is 8.62. The third-order valence-electron chi connectivity index (χ3n) is 1.57. The van der Waals surface area contributed by atoms with Crippen LogP contribution in [0.1, 0.15) is 12.7 Å². The summed E-state index contributed by atoms with van der Waals surface area (Å²) in [5.74, 6) is 0.850. The van der Waals surface area contributed by atoms with Crippen LogP contribution in [-0.4, -0.2) is 19.3 Å². The molecule has 0 N–H and O–H groups in total. The van der Waals surface area contributed by atoms with Gasteiger partial charge in [-0.05, 0) is 23.3 Å². The first-order valence-electron chi connectivity index (χ1n) is 4.26. The number of hydrogen-bond donors (Lipinski definition) is 0. The van der Waals surface area contributed by atoms with Crippen molar-refractivity contribution >= 4 is 34.9 Å². The minimum atomic E-state index is 0.399. The lowest BCUT2D eigenvalue weighted by molar-refractivity contribution is 0.969. The van der Waals surface area contributed by atoms with E-state index in [1.807, 2.05) is 6.92 Å². The fourth-order valence-corrected chi connectivity index (χ4v) is 2.67.